The van der Waals surface area contributed by atoms with Crippen LogP contribution in [0.2, 0.25) is 0 Å². The molecule has 1 unspecified atom stereocenters. The summed E-state index contributed by atoms with van der Waals surface area (Å²) >= 11 is 3.07. The van der Waals surface area contributed by atoms with Crippen LogP contribution < -0.4 is 11.1 Å². The molecule has 18 heavy (non-hydrogen) atoms. The summed E-state index contributed by atoms with van der Waals surface area (Å²) in [6.07, 6.45) is 0.666. The summed E-state index contributed by atoms with van der Waals surface area (Å²) in [5, 5.41) is 13.1. The van der Waals surface area contributed by atoms with Crippen molar-refractivity contribution in [2.45, 2.75) is 32.8 Å². The predicted molar refractivity (Wildman–Crippen MR) is 77.1 cm³/mol. The first kappa shape index (κ1) is 15.2. The molecule has 0 aromatic heterocycles. The van der Waals surface area contributed by atoms with Gasteiger partial charge in [-0.15, -0.1) is 0 Å². The van der Waals surface area contributed by atoms with Gasteiger partial charge in [-0.2, -0.15) is 0 Å². The molecular formula is C13H20BrFN2O. The van der Waals surface area contributed by atoms with E-state index < -0.39 is 5.60 Å². The Balaban J connectivity index is 2.72. The molecule has 102 valence electrons. The summed E-state index contributed by atoms with van der Waals surface area (Å²) in [4.78, 5) is 0. The lowest BCUT2D eigenvalue weighted by molar-refractivity contribution is 0.0515. The molecule has 3 nitrogen and oxygen atoms in total. The minimum absolute atomic E-state index is 0.330. The Kier molecular flexibility index (Phi) is 4.99. The van der Waals surface area contributed by atoms with Gasteiger partial charge in [-0.1, -0.05) is 13.8 Å². The predicted octanol–water partition coefficient (Wildman–Crippen LogP) is 3.38. The van der Waals surface area contributed by atoms with Crippen molar-refractivity contribution in [1.82, 2.24) is 0 Å². The second-order valence-electron chi connectivity index (χ2n) is 5.30. The lowest BCUT2D eigenvalue weighted by atomic mass is 9.94. The molecule has 0 amide bonds. The summed E-state index contributed by atoms with van der Waals surface area (Å²) in [6, 6.07) is 2.83. The topological polar surface area (TPSA) is 58.3 Å². The molecule has 0 radical (unpaired) electrons. The Morgan fingerprint density at radius 1 is 1.50 bits per heavy atom. The van der Waals surface area contributed by atoms with Crippen LogP contribution in [0, 0.1) is 11.7 Å². The van der Waals surface area contributed by atoms with Crippen LogP contribution in [0.1, 0.15) is 27.2 Å². The van der Waals surface area contributed by atoms with E-state index in [4.69, 9.17) is 5.73 Å². The maximum Gasteiger partial charge on any atom is 0.139 e. The Morgan fingerprint density at radius 3 is 2.67 bits per heavy atom. The monoisotopic (exact) mass is 318 g/mol. The number of hydrogen-bond donors (Lipinski definition) is 3. The van der Waals surface area contributed by atoms with Crippen LogP contribution in [0.3, 0.4) is 0 Å². The third kappa shape index (κ3) is 4.46. The first-order valence-electron chi connectivity index (χ1n) is 5.92. The van der Waals surface area contributed by atoms with Gasteiger partial charge in [0.15, 0.2) is 0 Å². The molecule has 0 saturated carbocycles. The Bertz CT molecular complexity index is 422. The normalized spacial score (nSPS) is 14.6. The molecule has 0 heterocycles. The number of halogens is 2. The van der Waals surface area contributed by atoms with Gasteiger partial charge in [-0.05, 0) is 41.3 Å². The fourth-order valence-electron chi connectivity index (χ4n) is 1.95. The van der Waals surface area contributed by atoms with Crippen molar-refractivity contribution in [2.75, 3.05) is 17.6 Å². The van der Waals surface area contributed by atoms with Crippen LogP contribution in [0.25, 0.3) is 0 Å². The van der Waals surface area contributed by atoms with Crippen molar-refractivity contribution < 1.29 is 9.50 Å². The lowest BCUT2D eigenvalue weighted by Gasteiger charge is -2.26. The van der Waals surface area contributed by atoms with E-state index in [0.29, 0.717) is 34.7 Å². The highest BCUT2D eigenvalue weighted by atomic mass is 79.9. The molecule has 0 bridgehead atoms. The van der Waals surface area contributed by atoms with Gasteiger partial charge >= 0.3 is 0 Å². The average molecular weight is 319 g/mol. The zero-order chi connectivity index (χ0) is 13.9. The summed E-state index contributed by atoms with van der Waals surface area (Å²) in [5.74, 6) is 0.0102. The van der Waals surface area contributed by atoms with E-state index in [-0.39, 0.29) is 5.82 Å². The maximum atomic E-state index is 13.4. The molecule has 0 aliphatic rings. The molecule has 0 saturated heterocycles. The molecular weight excluding hydrogens is 299 g/mol. The first-order chi connectivity index (χ1) is 8.21. The number of benzene rings is 1. The number of nitrogens with one attached hydrogen (secondary N) is 1. The molecule has 1 atom stereocenters. The SMILES string of the molecule is CC(C)CC(C)(O)CNc1cc(F)c(Br)cc1N. The van der Waals surface area contributed by atoms with Crippen molar-refractivity contribution in [3.05, 3.63) is 22.4 Å². The van der Waals surface area contributed by atoms with Crippen molar-refractivity contribution in [3.8, 4) is 0 Å². The van der Waals surface area contributed by atoms with Crippen molar-refractivity contribution in [1.29, 1.82) is 0 Å². The van der Waals surface area contributed by atoms with E-state index in [0.717, 1.165) is 0 Å². The van der Waals surface area contributed by atoms with E-state index >= 15 is 0 Å². The number of nitrogen functional groups attached to an aromatic ring is 1. The van der Waals surface area contributed by atoms with Gasteiger partial charge in [0.1, 0.15) is 5.82 Å². The van der Waals surface area contributed by atoms with E-state index in [9.17, 15) is 9.50 Å². The molecule has 1 aromatic carbocycles. The minimum Gasteiger partial charge on any atom is -0.397 e. The highest BCUT2D eigenvalue weighted by Gasteiger charge is 2.22. The molecule has 0 aliphatic carbocycles. The molecule has 1 aromatic rings. The Morgan fingerprint density at radius 2 is 2.11 bits per heavy atom. The number of anilines is 2. The Labute approximate surface area is 116 Å². The zero-order valence-electron chi connectivity index (χ0n) is 10.9. The molecule has 0 spiro atoms. The van der Waals surface area contributed by atoms with Crippen LogP contribution in [0.5, 0.6) is 0 Å². The van der Waals surface area contributed by atoms with Gasteiger partial charge in [-0.3, -0.25) is 0 Å². The van der Waals surface area contributed by atoms with Gasteiger partial charge in [0.2, 0.25) is 0 Å². The molecule has 5 heteroatoms. The lowest BCUT2D eigenvalue weighted by Crippen LogP contribution is -2.35. The van der Waals surface area contributed by atoms with Gasteiger partial charge in [0.25, 0.3) is 0 Å². The summed E-state index contributed by atoms with van der Waals surface area (Å²) in [5.41, 5.74) is 5.88. The zero-order valence-corrected chi connectivity index (χ0v) is 12.5. The van der Waals surface area contributed by atoms with E-state index in [1.54, 1.807) is 6.92 Å². The van der Waals surface area contributed by atoms with Crippen molar-refractivity contribution in [3.63, 3.8) is 0 Å². The van der Waals surface area contributed by atoms with Crippen LogP contribution in [-0.4, -0.2) is 17.3 Å². The quantitative estimate of drug-likeness (QED) is 0.729. The highest BCUT2D eigenvalue weighted by molar-refractivity contribution is 9.10. The number of aliphatic hydroxyl groups is 1. The van der Waals surface area contributed by atoms with Crippen molar-refractivity contribution in [2.24, 2.45) is 5.92 Å². The van der Waals surface area contributed by atoms with Crippen LogP contribution in [0.4, 0.5) is 15.8 Å². The second-order valence-corrected chi connectivity index (χ2v) is 6.16. The van der Waals surface area contributed by atoms with E-state index in [1.165, 1.54) is 12.1 Å². The van der Waals surface area contributed by atoms with Crippen LogP contribution in [-0.2, 0) is 0 Å². The third-order valence-electron chi connectivity index (χ3n) is 2.60. The number of rotatable bonds is 5. The fourth-order valence-corrected chi connectivity index (χ4v) is 2.31. The summed E-state index contributed by atoms with van der Waals surface area (Å²) in [7, 11) is 0. The standard InChI is InChI=1S/C13H20BrFN2O/c1-8(2)6-13(3,18)7-17-12-5-10(15)9(14)4-11(12)16/h4-5,8,17-18H,6-7,16H2,1-3H3. The maximum absolute atomic E-state index is 13.4. The van der Waals surface area contributed by atoms with Gasteiger partial charge in [-0.25, -0.2) is 4.39 Å². The van der Waals surface area contributed by atoms with Gasteiger partial charge in [0.05, 0.1) is 21.4 Å². The Hall–Kier alpha value is -0.810. The number of hydrogen-bond acceptors (Lipinski definition) is 3. The van der Waals surface area contributed by atoms with E-state index in [2.05, 4.69) is 21.2 Å². The molecule has 4 N–H and O–H groups in total. The second kappa shape index (κ2) is 5.89. The first-order valence-corrected chi connectivity index (χ1v) is 6.71. The van der Waals surface area contributed by atoms with Crippen LogP contribution >= 0.6 is 15.9 Å². The minimum atomic E-state index is -0.843. The van der Waals surface area contributed by atoms with Crippen LogP contribution in [0.15, 0.2) is 16.6 Å². The molecule has 0 aliphatic heterocycles. The number of nitrogens with two attached hydrogens (primary N) is 1. The average Bonchev–Trinajstić information content (AvgIpc) is 2.19. The smallest absolute Gasteiger partial charge is 0.139 e. The fraction of sp³-hybridized carbons (Fsp3) is 0.538. The highest BCUT2D eigenvalue weighted by Crippen LogP contribution is 2.27. The summed E-state index contributed by atoms with van der Waals surface area (Å²) in [6.45, 7) is 6.17. The molecule has 1 rings (SSSR count). The van der Waals surface area contributed by atoms with E-state index in [1.807, 2.05) is 13.8 Å². The van der Waals surface area contributed by atoms with Gasteiger partial charge in [0, 0.05) is 12.6 Å². The summed E-state index contributed by atoms with van der Waals surface area (Å²) < 4.78 is 13.7. The largest absolute Gasteiger partial charge is 0.397 e. The molecule has 0 fully saturated rings. The van der Waals surface area contributed by atoms with Gasteiger partial charge < -0.3 is 16.2 Å². The van der Waals surface area contributed by atoms with Crippen molar-refractivity contribution >= 4 is 27.3 Å². The third-order valence-corrected chi connectivity index (χ3v) is 3.21.